The fourth-order valence-electron chi connectivity index (χ4n) is 6.17. The highest BCUT2D eigenvalue weighted by Gasteiger charge is 2.62. The fourth-order valence-corrected chi connectivity index (χ4v) is 7.53. The van der Waals surface area contributed by atoms with E-state index >= 15 is 0 Å². The van der Waals surface area contributed by atoms with Gasteiger partial charge in [-0.2, -0.15) is 13.2 Å². The number of ether oxygens (including phenoxy) is 2. The van der Waals surface area contributed by atoms with Crippen LogP contribution in [-0.4, -0.2) is 91.4 Å². The maximum Gasteiger partial charge on any atom is 0.430 e. The number of alkyl carbamates (subject to hydrolysis) is 1. The van der Waals surface area contributed by atoms with Crippen LogP contribution in [0.1, 0.15) is 77.1 Å². The molecule has 3 heterocycles. The number of aromatic amines is 1. The van der Waals surface area contributed by atoms with E-state index in [0.29, 0.717) is 19.3 Å². The van der Waals surface area contributed by atoms with Gasteiger partial charge in [-0.25, -0.2) is 18.2 Å². The van der Waals surface area contributed by atoms with Crippen LogP contribution < -0.4 is 25.4 Å². The summed E-state index contributed by atoms with van der Waals surface area (Å²) in [6.07, 6.45) is -0.407. The van der Waals surface area contributed by atoms with Gasteiger partial charge in [0.1, 0.15) is 30.2 Å². The van der Waals surface area contributed by atoms with Gasteiger partial charge in [-0.1, -0.05) is 26.8 Å². The number of cyclic esters (lactones) is 1. The van der Waals surface area contributed by atoms with Crippen LogP contribution in [0.4, 0.5) is 18.0 Å². The molecule has 1 saturated heterocycles. The standard InChI is InChI=1S/C32H45N5O8S.C2HF3O2/c1-5-20-17-32(20,29(40)36-46(42,43)24-13-14-24)35-27(38)25-16-23-18-37(25)28(39)26(31(2,3)4)34-30(41)44-15-8-6-7-10-21-11-9-12-22(33-21)19-45-23;3-2(4,5)1(6)7/h5,9,11-12,20,23-26H,1,6-8,10,13-19H2,2-4H3,(H,34,41)(H,35,38)(H,36,40);(H,6,7)/t20-,23-,25+,26-,32-;/m1./s1. The Labute approximate surface area is 305 Å². The Hall–Kier alpha value is -4.26. The molecule has 294 valence electrons. The van der Waals surface area contributed by atoms with Gasteiger partial charge in [0.25, 0.3) is 5.91 Å². The number of amides is 4. The summed E-state index contributed by atoms with van der Waals surface area (Å²) in [5.74, 6) is -5.40. The quantitative estimate of drug-likeness (QED) is 0.346. The average molecular weight is 774 g/mol. The lowest BCUT2D eigenvalue weighted by Crippen LogP contribution is -2.60. The van der Waals surface area contributed by atoms with Gasteiger partial charge in [-0.05, 0) is 50.0 Å². The zero-order chi connectivity index (χ0) is 39.4. The Morgan fingerprint density at radius 3 is 2.36 bits per heavy atom. The van der Waals surface area contributed by atoms with Crippen LogP contribution in [0.15, 0.2) is 30.9 Å². The number of hydrogen-bond donors (Lipinski definition) is 3. The summed E-state index contributed by atoms with van der Waals surface area (Å²) in [4.78, 5) is 67.9. The largest absolute Gasteiger partial charge is 0.542 e. The minimum Gasteiger partial charge on any atom is -0.542 e. The zero-order valence-corrected chi connectivity index (χ0v) is 30.6. The minimum absolute atomic E-state index is 0.0695. The van der Waals surface area contributed by atoms with Crippen molar-refractivity contribution in [2.45, 2.75) is 114 Å². The Balaban J connectivity index is 0.000000815. The van der Waals surface area contributed by atoms with Crippen LogP contribution in [0.25, 0.3) is 0 Å². The molecule has 4 N–H and O–H groups in total. The molecule has 2 saturated carbocycles. The summed E-state index contributed by atoms with van der Waals surface area (Å²) >= 11 is 0. The van der Waals surface area contributed by atoms with Crippen LogP contribution in [0, 0.1) is 11.3 Å². The first-order chi connectivity index (χ1) is 24.7. The molecule has 0 unspecified atom stereocenters. The number of aliphatic carboxylic acids is 1. The van der Waals surface area contributed by atoms with Gasteiger partial charge in [-0.3, -0.25) is 19.1 Å². The number of pyridine rings is 1. The van der Waals surface area contributed by atoms with Crippen LogP contribution >= 0.6 is 0 Å². The smallest absolute Gasteiger partial charge is 0.430 e. The van der Waals surface area contributed by atoms with E-state index in [9.17, 15) is 40.8 Å². The molecule has 5 atom stereocenters. The van der Waals surface area contributed by atoms with Crippen molar-refractivity contribution >= 4 is 39.8 Å². The number of H-pyrrole nitrogens is 1. The third kappa shape index (κ3) is 10.9. The summed E-state index contributed by atoms with van der Waals surface area (Å²) in [7, 11) is -3.85. The van der Waals surface area contributed by atoms with E-state index in [2.05, 4.69) is 26.9 Å². The van der Waals surface area contributed by atoms with E-state index < -0.39 is 86.3 Å². The highest BCUT2D eigenvalue weighted by atomic mass is 32.2. The van der Waals surface area contributed by atoms with Gasteiger partial charge in [0.15, 0.2) is 5.69 Å². The number of hydrogen-bond acceptors (Lipinski definition) is 10. The van der Waals surface area contributed by atoms with Crippen molar-refractivity contribution in [3.63, 3.8) is 0 Å². The van der Waals surface area contributed by atoms with E-state index in [1.807, 2.05) is 39.0 Å². The normalized spacial score (nSPS) is 27.0. The molecule has 0 spiro atoms. The van der Waals surface area contributed by atoms with Gasteiger partial charge >= 0.3 is 12.3 Å². The molecule has 4 bridgehead atoms. The van der Waals surface area contributed by atoms with Crippen molar-refractivity contribution in [3.05, 3.63) is 42.2 Å². The van der Waals surface area contributed by atoms with Gasteiger partial charge in [0, 0.05) is 37.4 Å². The van der Waals surface area contributed by atoms with Gasteiger partial charge < -0.3 is 34.9 Å². The number of aryl methyl sites for hydroxylation is 1. The molecule has 1 aromatic rings. The second-order valence-corrected chi connectivity index (χ2v) is 16.7. The Kier molecular flexibility index (Phi) is 12.8. The monoisotopic (exact) mass is 773 g/mol. The molecule has 5 rings (SSSR count). The maximum atomic E-state index is 14.2. The molecule has 4 amide bonds. The van der Waals surface area contributed by atoms with Gasteiger partial charge in [-0.15, -0.1) is 6.58 Å². The number of nitrogens with one attached hydrogen (secondary N) is 4. The molecular weight excluding hydrogens is 727 g/mol. The third-order valence-corrected chi connectivity index (χ3v) is 11.2. The SMILES string of the molecule is C=C[C@@H]1C[C@]1(NC(=O)[C@@H]1C[C@@H]2CN1C(=O)[C@H](C(C)(C)C)NC(=O)OCCCCCc1cccc([nH+]1)CO2)C(=O)NS(=O)(=O)C1CC1.O=C([O-])C(F)(F)F. The van der Waals surface area contributed by atoms with E-state index in [-0.39, 0.29) is 32.6 Å². The third-order valence-electron chi connectivity index (χ3n) is 9.42. The molecule has 0 radical (unpaired) electrons. The predicted molar refractivity (Wildman–Crippen MR) is 177 cm³/mol. The second kappa shape index (κ2) is 16.4. The van der Waals surface area contributed by atoms with Crippen molar-refractivity contribution < 1.29 is 65.1 Å². The minimum atomic E-state index is -5.19. The lowest BCUT2D eigenvalue weighted by molar-refractivity contribution is -0.408. The van der Waals surface area contributed by atoms with E-state index in [1.165, 1.54) is 11.0 Å². The molecule has 2 aliphatic carbocycles. The molecule has 1 aromatic heterocycles. The van der Waals surface area contributed by atoms with Crippen LogP contribution in [0.5, 0.6) is 0 Å². The number of aromatic nitrogens is 1. The maximum absolute atomic E-state index is 14.2. The Morgan fingerprint density at radius 2 is 1.77 bits per heavy atom. The first-order valence-corrected chi connectivity index (χ1v) is 18.9. The lowest BCUT2D eigenvalue weighted by atomic mass is 9.85. The average Bonchev–Trinajstić information content (AvgIpc) is 3.99. The summed E-state index contributed by atoms with van der Waals surface area (Å²) in [5, 5.41) is 13.7. The van der Waals surface area contributed by atoms with E-state index in [1.54, 1.807) is 0 Å². The topological polar surface area (TPSA) is 214 Å². The summed E-state index contributed by atoms with van der Waals surface area (Å²) in [6, 6.07) is 3.80. The molecule has 4 aliphatic rings. The van der Waals surface area contributed by atoms with Gasteiger partial charge in [0.05, 0.1) is 18.0 Å². The molecule has 0 aromatic carbocycles. The number of fused-ring (bicyclic) bond motifs is 4. The van der Waals surface area contributed by atoms with Crippen molar-refractivity contribution in [1.29, 1.82) is 0 Å². The summed E-state index contributed by atoms with van der Waals surface area (Å²) < 4.78 is 70.5. The van der Waals surface area contributed by atoms with Crippen LogP contribution in [0.3, 0.4) is 0 Å². The molecule has 15 nitrogen and oxygen atoms in total. The number of sulfonamides is 1. The van der Waals surface area contributed by atoms with E-state index in [4.69, 9.17) is 19.4 Å². The number of halogens is 3. The fraction of sp³-hybridized carbons (Fsp3) is 0.647. The number of carboxylic acid groups (broad SMARTS) is 1. The number of carbonyl (C=O) groups excluding carboxylic acids is 5. The number of carboxylic acids is 1. The lowest BCUT2D eigenvalue weighted by Gasteiger charge is -2.35. The van der Waals surface area contributed by atoms with Crippen molar-refractivity contribution in [2.24, 2.45) is 11.3 Å². The first-order valence-electron chi connectivity index (χ1n) is 17.3. The van der Waals surface area contributed by atoms with Crippen molar-refractivity contribution in [2.75, 3.05) is 13.2 Å². The first kappa shape index (κ1) is 41.5. The Morgan fingerprint density at radius 1 is 1.11 bits per heavy atom. The van der Waals surface area contributed by atoms with Crippen molar-refractivity contribution in [3.8, 4) is 0 Å². The Bertz CT molecular complexity index is 1680. The van der Waals surface area contributed by atoms with Crippen LogP contribution in [0.2, 0.25) is 0 Å². The highest BCUT2D eigenvalue weighted by Crippen LogP contribution is 2.45. The number of carbonyl (C=O) groups is 5. The second-order valence-electron chi connectivity index (χ2n) is 14.7. The molecule has 19 heteroatoms. The predicted octanol–water partition coefficient (Wildman–Crippen LogP) is 0.822. The summed E-state index contributed by atoms with van der Waals surface area (Å²) in [6.45, 7) is 9.68. The highest BCUT2D eigenvalue weighted by molar-refractivity contribution is 7.91. The number of rotatable bonds is 6. The zero-order valence-electron chi connectivity index (χ0n) is 29.8. The summed E-state index contributed by atoms with van der Waals surface area (Å²) in [5.41, 5.74) is -0.342. The number of alkyl halides is 3. The van der Waals surface area contributed by atoms with Gasteiger partial charge in [0.2, 0.25) is 27.5 Å². The molecule has 53 heavy (non-hydrogen) atoms. The molecular formula is C34H46F3N5O10S. The molecule has 2 aliphatic heterocycles. The van der Waals surface area contributed by atoms with Crippen molar-refractivity contribution in [1.82, 2.24) is 20.3 Å². The number of nitrogens with zero attached hydrogens (tertiary/aromatic N) is 1. The molecule has 3 fully saturated rings. The van der Waals surface area contributed by atoms with E-state index in [0.717, 1.165) is 30.7 Å². The van der Waals surface area contributed by atoms with Crippen LogP contribution in [-0.2, 0) is 51.7 Å².